The van der Waals surface area contributed by atoms with Crippen LogP contribution in [-0.4, -0.2) is 22.0 Å². The second-order valence-corrected chi connectivity index (χ2v) is 4.40. The highest BCUT2D eigenvalue weighted by Gasteiger charge is 2.17. The molecule has 0 radical (unpaired) electrons. The van der Waals surface area contributed by atoms with Gasteiger partial charge in [0.05, 0.1) is 29.5 Å². The molecule has 0 spiro atoms. The van der Waals surface area contributed by atoms with Gasteiger partial charge in [-0.2, -0.15) is 0 Å². The van der Waals surface area contributed by atoms with Crippen LogP contribution in [0.4, 0.5) is 5.69 Å². The molecule has 0 amide bonds. The van der Waals surface area contributed by atoms with Crippen molar-refractivity contribution in [1.82, 2.24) is 9.97 Å². The number of methoxy groups -OCH3 is 1. The molecule has 0 aliphatic carbocycles. The Bertz CT molecular complexity index is 682. The molecule has 0 aliphatic heterocycles. The number of rotatable bonds is 5. The zero-order valence-corrected chi connectivity index (χ0v) is 12.3. The van der Waals surface area contributed by atoms with Crippen LogP contribution >= 0.6 is 23.2 Å². The van der Waals surface area contributed by atoms with Crippen molar-refractivity contribution in [3.63, 3.8) is 0 Å². The first-order valence-corrected chi connectivity index (χ1v) is 6.53. The summed E-state index contributed by atoms with van der Waals surface area (Å²) in [5, 5.41) is 11.1. The first-order valence-electron chi connectivity index (χ1n) is 5.62. The predicted molar refractivity (Wildman–Crippen MR) is 76.3 cm³/mol. The molecule has 0 fully saturated rings. The molecule has 7 nitrogen and oxygen atoms in total. The minimum atomic E-state index is -0.568. The van der Waals surface area contributed by atoms with E-state index in [0.717, 1.165) is 0 Å². The van der Waals surface area contributed by atoms with Crippen LogP contribution < -0.4 is 9.47 Å². The number of nitro groups is 1. The Balaban J connectivity index is 2.39. The van der Waals surface area contributed by atoms with E-state index in [1.54, 1.807) is 0 Å². The minimum absolute atomic E-state index is 0.0489. The topological polar surface area (TPSA) is 87.4 Å². The lowest BCUT2D eigenvalue weighted by molar-refractivity contribution is -0.385. The first-order chi connectivity index (χ1) is 10.1. The first kappa shape index (κ1) is 15.3. The van der Waals surface area contributed by atoms with Gasteiger partial charge in [0.15, 0.2) is 5.75 Å². The molecule has 2 rings (SSSR count). The monoisotopic (exact) mass is 329 g/mol. The minimum Gasteiger partial charge on any atom is -0.490 e. The van der Waals surface area contributed by atoms with Crippen LogP contribution in [0.1, 0.15) is 5.56 Å². The van der Waals surface area contributed by atoms with E-state index in [9.17, 15) is 10.1 Å². The van der Waals surface area contributed by atoms with E-state index in [1.165, 1.54) is 31.6 Å². The Morgan fingerprint density at radius 2 is 2.14 bits per heavy atom. The molecule has 2 aromatic rings. The van der Waals surface area contributed by atoms with Crippen molar-refractivity contribution in [1.29, 1.82) is 0 Å². The van der Waals surface area contributed by atoms with Crippen LogP contribution in [-0.2, 0) is 5.88 Å². The van der Waals surface area contributed by atoms with Crippen molar-refractivity contribution >= 4 is 28.9 Å². The van der Waals surface area contributed by atoms with E-state index in [4.69, 9.17) is 32.7 Å². The fourth-order valence-electron chi connectivity index (χ4n) is 1.56. The lowest BCUT2D eigenvalue weighted by Crippen LogP contribution is -1.98. The summed E-state index contributed by atoms with van der Waals surface area (Å²) in [4.78, 5) is 18.1. The smallest absolute Gasteiger partial charge is 0.314 e. The zero-order valence-electron chi connectivity index (χ0n) is 10.7. The Kier molecular flexibility index (Phi) is 4.77. The van der Waals surface area contributed by atoms with E-state index in [-0.39, 0.29) is 34.1 Å². The zero-order chi connectivity index (χ0) is 15.4. The summed E-state index contributed by atoms with van der Waals surface area (Å²) in [6.07, 6.45) is 1.21. The highest BCUT2D eigenvalue weighted by Crippen LogP contribution is 2.34. The van der Waals surface area contributed by atoms with Gasteiger partial charge < -0.3 is 9.47 Å². The molecule has 1 aromatic carbocycles. The SMILES string of the molecule is COc1ccc(Oc2ncnc(Cl)c2CCl)cc1[N+](=O)[O-]. The van der Waals surface area contributed by atoms with Crippen LogP contribution in [0.5, 0.6) is 17.4 Å². The number of benzene rings is 1. The van der Waals surface area contributed by atoms with Crippen molar-refractivity contribution in [2.45, 2.75) is 5.88 Å². The predicted octanol–water partition coefficient (Wildman–Crippen LogP) is 3.58. The van der Waals surface area contributed by atoms with Crippen LogP contribution in [0.3, 0.4) is 0 Å². The fourth-order valence-corrected chi connectivity index (χ4v) is 2.06. The van der Waals surface area contributed by atoms with E-state index in [1.807, 2.05) is 0 Å². The summed E-state index contributed by atoms with van der Waals surface area (Å²) in [6.45, 7) is 0. The maximum absolute atomic E-state index is 11.0. The molecular weight excluding hydrogens is 321 g/mol. The number of hydrogen-bond donors (Lipinski definition) is 0. The van der Waals surface area contributed by atoms with Gasteiger partial charge in [-0.3, -0.25) is 10.1 Å². The van der Waals surface area contributed by atoms with Crippen LogP contribution in [0.15, 0.2) is 24.5 Å². The van der Waals surface area contributed by atoms with Crippen molar-refractivity contribution < 1.29 is 14.4 Å². The Morgan fingerprint density at radius 3 is 2.76 bits per heavy atom. The molecule has 0 saturated heterocycles. The third-order valence-corrected chi connectivity index (χ3v) is 3.14. The molecule has 9 heteroatoms. The second kappa shape index (κ2) is 6.55. The maximum atomic E-state index is 11.0. The van der Waals surface area contributed by atoms with Gasteiger partial charge >= 0.3 is 5.69 Å². The lowest BCUT2D eigenvalue weighted by Gasteiger charge is -2.09. The van der Waals surface area contributed by atoms with Crippen molar-refractivity contribution in [3.8, 4) is 17.4 Å². The fraction of sp³-hybridized carbons (Fsp3) is 0.167. The van der Waals surface area contributed by atoms with Gasteiger partial charge in [-0.1, -0.05) is 11.6 Å². The molecule has 21 heavy (non-hydrogen) atoms. The molecule has 0 bridgehead atoms. The molecule has 1 aromatic heterocycles. The van der Waals surface area contributed by atoms with Gasteiger partial charge in [0, 0.05) is 0 Å². The number of ether oxygens (including phenoxy) is 2. The van der Waals surface area contributed by atoms with Crippen molar-refractivity contribution in [2.75, 3.05) is 7.11 Å². The lowest BCUT2D eigenvalue weighted by atomic mass is 10.3. The Labute approximate surface area is 129 Å². The standard InChI is InChI=1S/C12H9Cl2N3O4/c1-20-10-3-2-7(4-9(10)17(18)19)21-12-8(5-13)11(14)15-6-16-12/h2-4,6H,5H2,1H3. The summed E-state index contributed by atoms with van der Waals surface area (Å²) in [5.74, 6) is 0.534. The average Bonchev–Trinajstić information content (AvgIpc) is 2.47. The summed E-state index contributed by atoms with van der Waals surface area (Å²) in [5.41, 5.74) is 0.182. The van der Waals surface area contributed by atoms with Crippen molar-refractivity contribution in [2.24, 2.45) is 0 Å². The molecule has 1 heterocycles. The number of nitro benzene ring substituents is 1. The van der Waals surface area contributed by atoms with Gasteiger partial charge in [-0.15, -0.1) is 11.6 Å². The number of halogens is 2. The Hall–Kier alpha value is -2.12. The number of hydrogen-bond acceptors (Lipinski definition) is 6. The molecule has 0 atom stereocenters. The van der Waals surface area contributed by atoms with Crippen LogP contribution in [0, 0.1) is 10.1 Å². The van der Waals surface area contributed by atoms with Gasteiger partial charge in [0.25, 0.3) is 0 Å². The third-order valence-electron chi connectivity index (χ3n) is 2.55. The highest BCUT2D eigenvalue weighted by atomic mass is 35.5. The number of nitrogens with zero attached hydrogens (tertiary/aromatic N) is 3. The Morgan fingerprint density at radius 1 is 1.38 bits per heavy atom. The van der Waals surface area contributed by atoms with E-state index in [2.05, 4.69) is 9.97 Å². The van der Waals surface area contributed by atoms with Gasteiger partial charge in [-0.05, 0) is 12.1 Å². The van der Waals surface area contributed by atoms with E-state index < -0.39 is 4.92 Å². The summed E-state index contributed by atoms with van der Waals surface area (Å²) < 4.78 is 10.4. The normalized spacial score (nSPS) is 10.2. The van der Waals surface area contributed by atoms with E-state index in [0.29, 0.717) is 5.56 Å². The van der Waals surface area contributed by atoms with Gasteiger partial charge in [0.2, 0.25) is 5.88 Å². The van der Waals surface area contributed by atoms with Gasteiger partial charge in [0.1, 0.15) is 17.2 Å². The van der Waals surface area contributed by atoms with Crippen LogP contribution in [0.25, 0.3) is 0 Å². The van der Waals surface area contributed by atoms with E-state index >= 15 is 0 Å². The molecule has 0 aliphatic rings. The average molecular weight is 330 g/mol. The second-order valence-electron chi connectivity index (χ2n) is 3.77. The summed E-state index contributed by atoms with van der Waals surface area (Å²) in [6, 6.07) is 4.17. The van der Waals surface area contributed by atoms with Crippen LogP contribution in [0.2, 0.25) is 5.15 Å². The molecule has 0 unspecified atom stereocenters. The third kappa shape index (κ3) is 3.32. The van der Waals surface area contributed by atoms with Gasteiger partial charge in [-0.25, -0.2) is 9.97 Å². The molecule has 0 saturated carbocycles. The molecule has 0 N–H and O–H groups in total. The summed E-state index contributed by atoms with van der Waals surface area (Å²) in [7, 11) is 1.35. The van der Waals surface area contributed by atoms with Crippen molar-refractivity contribution in [3.05, 3.63) is 45.4 Å². The largest absolute Gasteiger partial charge is 0.490 e. The molecular formula is C12H9Cl2N3O4. The summed E-state index contributed by atoms with van der Waals surface area (Å²) >= 11 is 11.6. The quantitative estimate of drug-likeness (QED) is 0.360. The number of alkyl halides is 1. The number of aromatic nitrogens is 2. The molecule has 110 valence electrons. The maximum Gasteiger partial charge on any atom is 0.314 e. The highest BCUT2D eigenvalue weighted by molar-refractivity contribution is 6.31.